The average Bonchev–Trinajstić information content (AvgIpc) is 2.85. The molecular formula is C25H27FN2O6. The molecule has 8 nitrogen and oxygen atoms in total. The van der Waals surface area contributed by atoms with Crippen molar-refractivity contribution in [1.82, 2.24) is 4.90 Å². The van der Waals surface area contributed by atoms with Crippen LogP contribution in [0.3, 0.4) is 0 Å². The second-order valence-electron chi connectivity index (χ2n) is 8.26. The number of aryl methyl sites for hydroxylation is 1. The molecule has 0 unspecified atom stereocenters. The van der Waals surface area contributed by atoms with Crippen LogP contribution in [0.4, 0.5) is 10.1 Å². The maximum Gasteiger partial charge on any atom is 0.265 e. The van der Waals surface area contributed by atoms with Crippen LogP contribution in [0.1, 0.15) is 28.8 Å². The predicted molar refractivity (Wildman–Crippen MR) is 122 cm³/mol. The van der Waals surface area contributed by atoms with Gasteiger partial charge in [-0.1, -0.05) is 6.07 Å². The zero-order chi connectivity index (χ0) is 24.1. The molecule has 2 aromatic carbocycles. The molecule has 1 saturated heterocycles. The van der Waals surface area contributed by atoms with E-state index in [0.29, 0.717) is 62.7 Å². The number of ketones is 1. The van der Waals surface area contributed by atoms with E-state index in [4.69, 9.17) is 14.2 Å². The van der Waals surface area contributed by atoms with E-state index in [1.807, 2.05) is 0 Å². The number of benzene rings is 2. The van der Waals surface area contributed by atoms with Crippen molar-refractivity contribution in [2.75, 3.05) is 51.0 Å². The summed E-state index contributed by atoms with van der Waals surface area (Å²) in [6.07, 6.45) is 0.795. The molecule has 2 aliphatic rings. The van der Waals surface area contributed by atoms with Gasteiger partial charge in [-0.05, 0) is 49.2 Å². The summed E-state index contributed by atoms with van der Waals surface area (Å²) >= 11 is 0. The van der Waals surface area contributed by atoms with Crippen molar-refractivity contribution in [3.63, 3.8) is 0 Å². The molecule has 2 aliphatic heterocycles. The summed E-state index contributed by atoms with van der Waals surface area (Å²) in [4.78, 5) is 41.0. The topological polar surface area (TPSA) is 85.4 Å². The van der Waals surface area contributed by atoms with Crippen LogP contribution < -0.4 is 14.4 Å². The lowest BCUT2D eigenvalue weighted by atomic mass is 10.1. The van der Waals surface area contributed by atoms with Gasteiger partial charge in [-0.15, -0.1) is 0 Å². The number of amides is 2. The molecule has 0 radical (unpaired) electrons. The van der Waals surface area contributed by atoms with Crippen molar-refractivity contribution in [3.8, 4) is 11.5 Å². The molecule has 0 N–H and O–H groups in total. The Bertz CT molecular complexity index is 1080. The van der Waals surface area contributed by atoms with Crippen LogP contribution in [-0.4, -0.2) is 68.6 Å². The number of rotatable bonds is 8. The first-order valence-electron chi connectivity index (χ1n) is 11.3. The van der Waals surface area contributed by atoms with Gasteiger partial charge in [0.25, 0.3) is 5.91 Å². The van der Waals surface area contributed by atoms with Crippen molar-refractivity contribution in [2.24, 2.45) is 0 Å². The second kappa shape index (κ2) is 10.6. The Morgan fingerprint density at radius 1 is 1.12 bits per heavy atom. The Morgan fingerprint density at radius 3 is 2.71 bits per heavy atom. The van der Waals surface area contributed by atoms with Crippen LogP contribution in [0.2, 0.25) is 0 Å². The quantitative estimate of drug-likeness (QED) is 0.552. The predicted octanol–water partition coefficient (Wildman–Crippen LogP) is 2.76. The molecule has 0 bridgehead atoms. The number of halogens is 1. The molecule has 0 aromatic heterocycles. The van der Waals surface area contributed by atoms with Gasteiger partial charge in [-0.2, -0.15) is 0 Å². The highest BCUT2D eigenvalue weighted by Crippen LogP contribution is 2.33. The Kier molecular flexibility index (Phi) is 7.42. The summed E-state index contributed by atoms with van der Waals surface area (Å²) in [5, 5.41) is 0. The lowest BCUT2D eigenvalue weighted by molar-refractivity contribution is -0.135. The van der Waals surface area contributed by atoms with Gasteiger partial charge >= 0.3 is 0 Å². The van der Waals surface area contributed by atoms with E-state index in [2.05, 4.69) is 0 Å². The first-order chi connectivity index (χ1) is 16.4. The minimum Gasteiger partial charge on any atom is -0.482 e. The number of carbonyl (C=O) groups is 3. The van der Waals surface area contributed by atoms with E-state index in [1.54, 1.807) is 41.0 Å². The van der Waals surface area contributed by atoms with Gasteiger partial charge in [0.1, 0.15) is 5.75 Å². The Morgan fingerprint density at radius 2 is 1.91 bits per heavy atom. The molecule has 0 atom stereocenters. The smallest absolute Gasteiger partial charge is 0.265 e. The van der Waals surface area contributed by atoms with Crippen molar-refractivity contribution in [3.05, 3.63) is 53.3 Å². The first-order valence-corrected chi connectivity index (χ1v) is 11.3. The monoisotopic (exact) mass is 470 g/mol. The fourth-order valence-corrected chi connectivity index (χ4v) is 3.93. The normalized spacial score (nSPS) is 15.5. The molecule has 0 spiro atoms. The van der Waals surface area contributed by atoms with Gasteiger partial charge in [0.05, 0.1) is 18.9 Å². The third-order valence-corrected chi connectivity index (χ3v) is 5.81. The van der Waals surface area contributed by atoms with Crippen LogP contribution in [0.5, 0.6) is 11.5 Å². The molecule has 180 valence electrons. The lowest BCUT2D eigenvalue weighted by Crippen LogP contribution is -2.42. The molecule has 9 heteroatoms. The van der Waals surface area contributed by atoms with E-state index >= 15 is 0 Å². The Hall–Kier alpha value is -3.46. The van der Waals surface area contributed by atoms with Crippen LogP contribution in [0.25, 0.3) is 0 Å². The standard InChI is InChI=1S/C25H27FN2O6/c1-17-4-6-19(26)23(13-17)33-15-21(29)18-5-7-22-20(14-18)28(25(31)16-34-22)8-2-3-24(30)27-9-11-32-12-10-27/h4-7,13-14H,2-3,8-12,15-16H2,1H3. The number of anilines is 1. The number of carbonyl (C=O) groups excluding carboxylic acids is 3. The van der Waals surface area contributed by atoms with E-state index < -0.39 is 5.82 Å². The highest BCUT2D eigenvalue weighted by atomic mass is 19.1. The largest absolute Gasteiger partial charge is 0.482 e. The van der Waals surface area contributed by atoms with Crippen molar-refractivity contribution >= 4 is 23.3 Å². The van der Waals surface area contributed by atoms with Gasteiger partial charge in [0.2, 0.25) is 5.91 Å². The van der Waals surface area contributed by atoms with Crippen LogP contribution in [0.15, 0.2) is 36.4 Å². The molecule has 4 rings (SSSR count). The molecule has 2 amide bonds. The minimum atomic E-state index is -0.541. The van der Waals surface area contributed by atoms with Crippen LogP contribution >= 0.6 is 0 Å². The zero-order valence-corrected chi connectivity index (χ0v) is 19.0. The molecule has 1 fully saturated rings. The molecule has 34 heavy (non-hydrogen) atoms. The van der Waals surface area contributed by atoms with Crippen molar-refractivity contribution in [2.45, 2.75) is 19.8 Å². The van der Waals surface area contributed by atoms with Gasteiger partial charge in [-0.3, -0.25) is 14.4 Å². The maximum atomic E-state index is 13.9. The Balaban J connectivity index is 1.40. The second-order valence-corrected chi connectivity index (χ2v) is 8.26. The van der Waals surface area contributed by atoms with Gasteiger partial charge in [0.15, 0.2) is 30.6 Å². The highest BCUT2D eigenvalue weighted by molar-refractivity contribution is 6.02. The summed E-state index contributed by atoms with van der Waals surface area (Å²) in [5.41, 5.74) is 1.61. The average molecular weight is 470 g/mol. The number of hydrogen-bond donors (Lipinski definition) is 0. The minimum absolute atomic E-state index is 0.0105. The maximum absolute atomic E-state index is 13.9. The van der Waals surface area contributed by atoms with E-state index in [-0.39, 0.29) is 36.6 Å². The number of Topliss-reactive ketones (excluding diaryl/α,β-unsaturated/α-hetero) is 1. The summed E-state index contributed by atoms with van der Waals surface area (Å²) < 4.78 is 30.1. The fourth-order valence-electron chi connectivity index (χ4n) is 3.93. The summed E-state index contributed by atoms with van der Waals surface area (Å²) in [5.74, 6) is -0.606. The SMILES string of the molecule is Cc1ccc(F)c(OCC(=O)c2ccc3c(c2)N(CCCC(=O)N2CCOCC2)C(=O)CO3)c1. The number of hydrogen-bond acceptors (Lipinski definition) is 6. The molecule has 0 aliphatic carbocycles. The van der Waals surface area contributed by atoms with E-state index in [0.717, 1.165) is 5.56 Å². The summed E-state index contributed by atoms with van der Waals surface area (Å²) in [7, 11) is 0. The van der Waals surface area contributed by atoms with Gasteiger partial charge in [0, 0.05) is 31.6 Å². The van der Waals surface area contributed by atoms with Crippen LogP contribution in [0, 0.1) is 12.7 Å². The third-order valence-electron chi connectivity index (χ3n) is 5.81. The van der Waals surface area contributed by atoms with Crippen molar-refractivity contribution < 1.29 is 33.0 Å². The third kappa shape index (κ3) is 5.53. The molecule has 2 heterocycles. The van der Waals surface area contributed by atoms with Crippen LogP contribution in [-0.2, 0) is 14.3 Å². The molecule has 2 aromatic rings. The Labute approximate surface area is 197 Å². The summed E-state index contributed by atoms with van der Waals surface area (Å²) in [6, 6.07) is 9.24. The van der Waals surface area contributed by atoms with Gasteiger partial charge < -0.3 is 24.0 Å². The first kappa shape index (κ1) is 23.7. The number of nitrogens with zero attached hydrogens (tertiary/aromatic N) is 2. The van der Waals surface area contributed by atoms with E-state index in [9.17, 15) is 18.8 Å². The number of fused-ring (bicyclic) bond motifs is 1. The highest BCUT2D eigenvalue weighted by Gasteiger charge is 2.27. The summed E-state index contributed by atoms with van der Waals surface area (Å²) in [6.45, 7) is 3.92. The fraction of sp³-hybridized carbons (Fsp3) is 0.400. The van der Waals surface area contributed by atoms with Crippen molar-refractivity contribution in [1.29, 1.82) is 0 Å². The lowest BCUT2D eigenvalue weighted by Gasteiger charge is -2.30. The molecular weight excluding hydrogens is 443 g/mol. The number of morpholine rings is 1. The zero-order valence-electron chi connectivity index (χ0n) is 19.0. The number of ether oxygens (including phenoxy) is 3. The molecule has 0 saturated carbocycles. The van der Waals surface area contributed by atoms with Gasteiger partial charge in [-0.25, -0.2) is 4.39 Å². The van der Waals surface area contributed by atoms with E-state index in [1.165, 1.54) is 12.1 Å².